The van der Waals surface area contributed by atoms with Crippen LogP contribution in [0.25, 0.3) is 0 Å². The van der Waals surface area contributed by atoms with Gasteiger partial charge in [-0.05, 0) is 53.1 Å². The van der Waals surface area contributed by atoms with Gasteiger partial charge in [-0.1, -0.05) is 20.8 Å². The van der Waals surface area contributed by atoms with E-state index in [1.54, 1.807) is 0 Å². The molecule has 0 radical (unpaired) electrons. The number of nitrogens with zero attached hydrogens (tertiary/aromatic N) is 2. The van der Waals surface area contributed by atoms with Crippen molar-refractivity contribution in [3.8, 4) is 0 Å². The third kappa shape index (κ3) is 6.88. The molecule has 0 bridgehead atoms. The summed E-state index contributed by atoms with van der Waals surface area (Å²) >= 11 is 0. The summed E-state index contributed by atoms with van der Waals surface area (Å²) in [6.45, 7) is 11.3. The summed E-state index contributed by atoms with van der Waals surface area (Å²) in [6.07, 6.45) is 2.94. The second-order valence-corrected chi connectivity index (χ2v) is 4.22. The highest BCUT2D eigenvalue weighted by Crippen LogP contribution is 1.95. The number of hydrogen-bond donors (Lipinski definition) is 1. The van der Waals surface area contributed by atoms with Crippen LogP contribution >= 0.6 is 0 Å². The van der Waals surface area contributed by atoms with E-state index in [1.807, 2.05) is 0 Å². The van der Waals surface area contributed by atoms with Gasteiger partial charge < -0.3 is 10.2 Å². The van der Waals surface area contributed by atoms with E-state index in [9.17, 15) is 0 Å². The predicted octanol–water partition coefficient (Wildman–Crippen LogP) is 1.61. The molecule has 1 atom stereocenters. The molecule has 0 heterocycles. The van der Waals surface area contributed by atoms with Crippen molar-refractivity contribution < 1.29 is 0 Å². The van der Waals surface area contributed by atoms with Crippen molar-refractivity contribution in [1.29, 1.82) is 0 Å². The van der Waals surface area contributed by atoms with E-state index >= 15 is 0 Å². The Bertz CT molecular complexity index is 133. The van der Waals surface area contributed by atoms with Crippen molar-refractivity contribution in [3.05, 3.63) is 0 Å². The van der Waals surface area contributed by atoms with Crippen LogP contribution in [0, 0.1) is 0 Å². The second kappa shape index (κ2) is 9.13. The lowest BCUT2D eigenvalue weighted by Crippen LogP contribution is -2.42. The van der Waals surface area contributed by atoms with Gasteiger partial charge in [0.1, 0.15) is 0 Å². The monoisotopic (exact) mass is 215 g/mol. The Hall–Kier alpha value is -0.120. The fourth-order valence-corrected chi connectivity index (χ4v) is 1.80. The number of hydrogen-bond acceptors (Lipinski definition) is 3. The van der Waals surface area contributed by atoms with Crippen LogP contribution in [-0.4, -0.2) is 56.2 Å². The van der Waals surface area contributed by atoms with Crippen LogP contribution in [0.3, 0.4) is 0 Å². The zero-order valence-electron chi connectivity index (χ0n) is 11.2. The molecule has 0 saturated heterocycles. The van der Waals surface area contributed by atoms with Crippen molar-refractivity contribution in [2.24, 2.45) is 0 Å². The Morgan fingerprint density at radius 2 is 1.67 bits per heavy atom. The van der Waals surface area contributed by atoms with Gasteiger partial charge in [-0.15, -0.1) is 0 Å². The summed E-state index contributed by atoms with van der Waals surface area (Å²) in [5.41, 5.74) is 0. The first-order chi connectivity index (χ1) is 7.15. The van der Waals surface area contributed by atoms with Crippen LogP contribution in [0.4, 0.5) is 0 Å². The Morgan fingerprint density at radius 1 is 1.07 bits per heavy atom. The summed E-state index contributed by atoms with van der Waals surface area (Å²) in [4.78, 5) is 4.72. The minimum Gasteiger partial charge on any atom is -0.304 e. The van der Waals surface area contributed by atoms with Gasteiger partial charge in [0.2, 0.25) is 0 Å². The molecule has 0 aliphatic carbocycles. The molecule has 0 aliphatic heterocycles. The topological polar surface area (TPSA) is 18.5 Å². The van der Waals surface area contributed by atoms with E-state index in [0.717, 1.165) is 13.0 Å². The SMILES string of the molecule is CCC(NCCCN(CC)CC)N(C)C. The van der Waals surface area contributed by atoms with Gasteiger partial charge >= 0.3 is 0 Å². The first-order valence-corrected chi connectivity index (χ1v) is 6.27. The maximum Gasteiger partial charge on any atom is 0.0589 e. The number of nitrogens with one attached hydrogen (secondary N) is 1. The molecule has 0 aromatic heterocycles. The first-order valence-electron chi connectivity index (χ1n) is 6.27. The summed E-state index contributed by atoms with van der Waals surface area (Å²) in [5.74, 6) is 0. The lowest BCUT2D eigenvalue weighted by Gasteiger charge is -2.25. The average Bonchev–Trinajstić information content (AvgIpc) is 2.23. The smallest absolute Gasteiger partial charge is 0.0589 e. The molecule has 15 heavy (non-hydrogen) atoms. The molecule has 0 aromatic rings. The van der Waals surface area contributed by atoms with E-state index in [2.05, 4.69) is 50.0 Å². The standard InChI is InChI=1S/C12H29N3/c1-6-12(14(4)5)13-10-9-11-15(7-2)8-3/h12-13H,6-11H2,1-5H3. The van der Waals surface area contributed by atoms with Gasteiger partial charge in [0.05, 0.1) is 6.17 Å². The van der Waals surface area contributed by atoms with Gasteiger partial charge in [0, 0.05) is 0 Å². The van der Waals surface area contributed by atoms with Gasteiger partial charge in [-0.25, -0.2) is 0 Å². The van der Waals surface area contributed by atoms with Gasteiger partial charge in [0.25, 0.3) is 0 Å². The summed E-state index contributed by atoms with van der Waals surface area (Å²) in [5, 5.41) is 3.57. The molecular weight excluding hydrogens is 186 g/mol. The van der Waals surface area contributed by atoms with Gasteiger partial charge in [-0.3, -0.25) is 4.90 Å². The summed E-state index contributed by atoms with van der Waals surface area (Å²) < 4.78 is 0. The lowest BCUT2D eigenvalue weighted by molar-refractivity contribution is 0.230. The van der Waals surface area contributed by atoms with E-state index in [0.29, 0.717) is 6.17 Å². The Kier molecular flexibility index (Phi) is 9.06. The minimum atomic E-state index is 0.529. The maximum absolute atomic E-state index is 3.57. The Balaban J connectivity index is 3.51. The predicted molar refractivity (Wildman–Crippen MR) is 68.2 cm³/mol. The maximum atomic E-state index is 3.57. The summed E-state index contributed by atoms with van der Waals surface area (Å²) in [6, 6.07) is 0. The van der Waals surface area contributed by atoms with E-state index in [-0.39, 0.29) is 0 Å². The van der Waals surface area contributed by atoms with Crippen LogP contribution in [0.5, 0.6) is 0 Å². The van der Waals surface area contributed by atoms with Crippen molar-refractivity contribution in [2.75, 3.05) is 40.3 Å². The van der Waals surface area contributed by atoms with Crippen LogP contribution in [0.1, 0.15) is 33.6 Å². The third-order valence-corrected chi connectivity index (χ3v) is 2.94. The molecule has 0 saturated carbocycles. The fraction of sp³-hybridized carbons (Fsp3) is 1.00. The molecular formula is C12H29N3. The highest BCUT2D eigenvalue weighted by atomic mass is 15.2. The average molecular weight is 215 g/mol. The summed E-state index contributed by atoms with van der Waals surface area (Å²) in [7, 11) is 4.26. The van der Waals surface area contributed by atoms with Crippen molar-refractivity contribution >= 4 is 0 Å². The molecule has 0 fully saturated rings. The van der Waals surface area contributed by atoms with Crippen LogP contribution in [-0.2, 0) is 0 Å². The Morgan fingerprint density at radius 3 is 2.07 bits per heavy atom. The zero-order valence-corrected chi connectivity index (χ0v) is 11.2. The highest BCUT2D eigenvalue weighted by Gasteiger charge is 2.06. The lowest BCUT2D eigenvalue weighted by atomic mass is 10.3. The molecule has 0 rings (SSSR count). The zero-order chi connectivity index (χ0) is 11.7. The minimum absolute atomic E-state index is 0.529. The largest absolute Gasteiger partial charge is 0.304 e. The molecule has 0 aliphatic rings. The van der Waals surface area contributed by atoms with Crippen LogP contribution in [0.2, 0.25) is 0 Å². The number of rotatable bonds is 9. The molecule has 1 N–H and O–H groups in total. The molecule has 1 unspecified atom stereocenters. The van der Waals surface area contributed by atoms with Gasteiger partial charge in [0.15, 0.2) is 0 Å². The molecule has 3 nitrogen and oxygen atoms in total. The second-order valence-electron chi connectivity index (χ2n) is 4.22. The van der Waals surface area contributed by atoms with Crippen molar-refractivity contribution in [3.63, 3.8) is 0 Å². The van der Waals surface area contributed by atoms with Crippen LogP contribution < -0.4 is 5.32 Å². The molecule has 3 heteroatoms. The highest BCUT2D eigenvalue weighted by molar-refractivity contribution is 4.62. The van der Waals surface area contributed by atoms with E-state index in [1.165, 1.54) is 26.1 Å². The van der Waals surface area contributed by atoms with E-state index < -0.39 is 0 Å². The Labute approximate surface area is 95.8 Å². The van der Waals surface area contributed by atoms with Gasteiger partial charge in [-0.2, -0.15) is 0 Å². The third-order valence-electron chi connectivity index (χ3n) is 2.94. The molecule has 0 spiro atoms. The first kappa shape index (κ1) is 14.9. The quantitative estimate of drug-likeness (QED) is 0.466. The molecule has 92 valence electrons. The fourth-order valence-electron chi connectivity index (χ4n) is 1.80. The molecule has 0 amide bonds. The normalized spacial score (nSPS) is 13.8. The van der Waals surface area contributed by atoms with Crippen molar-refractivity contribution in [2.45, 2.75) is 39.8 Å². The van der Waals surface area contributed by atoms with Crippen LogP contribution in [0.15, 0.2) is 0 Å². The van der Waals surface area contributed by atoms with E-state index in [4.69, 9.17) is 0 Å². The van der Waals surface area contributed by atoms with Crippen molar-refractivity contribution in [1.82, 2.24) is 15.1 Å². The molecule has 0 aromatic carbocycles.